The Hall–Kier alpha value is -1.67. The molecule has 1 N–H and O–H groups in total. The summed E-state index contributed by atoms with van der Waals surface area (Å²) >= 11 is 1.35. The van der Waals surface area contributed by atoms with E-state index < -0.39 is 9.84 Å². The van der Waals surface area contributed by atoms with E-state index in [9.17, 15) is 13.2 Å². The lowest BCUT2D eigenvalue weighted by Gasteiger charge is -2.22. The van der Waals surface area contributed by atoms with Crippen LogP contribution in [0.2, 0.25) is 0 Å². The van der Waals surface area contributed by atoms with Gasteiger partial charge in [0.05, 0.1) is 17.8 Å². The average Bonchev–Trinajstić information content (AvgIpc) is 3.09. The Balaban J connectivity index is 1.68. The van der Waals surface area contributed by atoms with Gasteiger partial charge < -0.3 is 9.73 Å². The van der Waals surface area contributed by atoms with Crippen LogP contribution >= 0.6 is 11.3 Å². The van der Waals surface area contributed by atoms with Crippen LogP contribution in [0.4, 0.5) is 0 Å². The van der Waals surface area contributed by atoms with Gasteiger partial charge in [-0.15, -0.1) is 11.3 Å². The number of carbonyl (C=O) groups excluding carboxylic acids is 1. The van der Waals surface area contributed by atoms with Crippen LogP contribution in [-0.4, -0.2) is 36.9 Å². The number of nitrogens with zero attached hydrogens (tertiary/aromatic N) is 1. The third-order valence-electron chi connectivity index (χ3n) is 3.30. The molecule has 6 nitrogen and oxygen atoms in total. The van der Waals surface area contributed by atoms with Gasteiger partial charge in [-0.1, -0.05) is 0 Å². The molecule has 2 aromatic heterocycles. The second kappa shape index (κ2) is 5.61. The molecule has 1 fully saturated rings. The summed E-state index contributed by atoms with van der Waals surface area (Å²) < 4.78 is 28.1. The fraction of sp³-hybridized carbons (Fsp3) is 0.385. The molecule has 1 aliphatic rings. The first-order valence-electron chi connectivity index (χ1n) is 6.53. The van der Waals surface area contributed by atoms with Crippen LogP contribution in [0.3, 0.4) is 0 Å². The molecule has 1 atom stereocenters. The first-order valence-corrected chi connectivity index (χ1v) is 9.23. The lowest BCUT2D eigenvalue weighted by atomic mass is 10.2. The van der Waals surface area contributed by atoms with Crippen LogP contribution in [0.15, 0.2) is 28.4 Å². The third kappa shape index (κ3) is 3.33. The highest BCUT2D eigenvalue weighted by Gasteiger charge is 2.26. The number of furan rings is 1. The van der Waals surface area contributed by atoms with Crippen molar-refractivity contribution >= 4 is 27.1 Å². The number of nitrogens with one attached hydrogen (secondary N) is 1. The molecule has 0 aliphatic carbocycles. The Bertz CT molecular complexity index is 734. The normalized spacial score (nSPS) is 21.0. The van der Waals surface area contributed by atoms with Crippen molar-refractivity contribution in [1.29, 1.82) is 0 Å². The molecule has 0 saturated carbocycles. The zero-order valence-electron chi connectivity index (χ0n) is 11.1. The Morgan fingerprint density at radius 3 is 3.05 bits per heavy atom. The Morgan fingerprint density at radius 1 is 1.48 bits per heavy atom. The molecule has 2 aromatic rings. The van der Waals surface area contributed by atoms with Crippen molar-refractivity contribution in [2.45, 2.75) is 18.9 Å². The summed E-state index contributed by atoms with van der Waals surface area (Å²) in [4.78, 5) is 16.4. The van der Waals surface area contributed by atoms with Crippen molar-refractivity contribution in [3.8, 4) is 10.6 Å². The van der Waals surface area contributed by atoms with Crippen LogP contribution in [0, 0.1) is 0 Å². The van der Waals surface area contributed by atoms with Gasteiger partial charge in [-0.2, -0.15) is 0 Å². The second-order valence-electron chi connectivity index (χ2n) is 4.98. The van der Waals surface area contributed by atoms with Crippen LogP contribution in [0.5, 0.6) is 0 Å². The van der Waals surface area contributed by atoms with Gasteiger partial charge in [-0.05, 0) is 18.9 Å². The maximum atomic E-state index is 12.1. The van der Waals surface area contributed by atoms with Gasteiger partial charge in [0.2, 0.25) is 0 Å². The number of hydrogen-bond acceptors (Lipinski definition) is 6. The fourth-order valence-corrected chi connectivity index (χ4v) is 4.72. The van der Waals surface area contributed by atoms with Crippen LogP contribution in [0.1, 0.15) is 23.3 Å². The fourth-order valence-electron chi connectivity index (χ4n) is 2.29. The van der Waals surface area contributed by atoms with Gasteiger partial charge in [0.25, 0.3) is 5.91 Å². The molecule has 1 aliphatic heterocycles. The molecule has 0 radical (unpaired) electrons. The van der Waals surface area contributed by atoms with Gasteiger partial charge in [-0.3, -0.25) is 4.79 Å². The van der Waals surface area contributed by atoms with E-state index in [0.717, 1.165) is 5.56 Å². The van der Waals surface area contributed by atoms with E-state index in [1.165, 1.54) is 11.3 Å². The van der Waals surface area contributed by atoms with E-state index in [1.54, 1.807) is 24.0 Å². The maximum absolute atomic E-state index is 12.1. The molecule has 3 heterocycles. The van der Waals surface area contributed by atoms with Gasteiger partial charge in [0.15, 0.2) is 9.84 Å². The van der Waals surface area contributed by atoms with E-state index in [2.05, 4.69) is 10.3 Å². The number of amides is 1. The lowest BCUT2D eigenvalue weighted by Crippen LogP contribution is -2.43. The predicted molar refractivity (Wildman–Crippen MR) is 79.0 cm³/mol. The summed E-state index contributed by atoms with van der Waals surface area (Å²) in [6, 6.07) is 1.45. The smallest absolute Gasteiger partial charge is 0.271 e. The number of thiazole rings is 1. The number of aromatic nitrogens is 1. The Kier molecular flexibility index (Phi) is 3.81. The Morgan fingerprint density at radius 2 is 2.33 bits per heavy atom. The average molecular weight is 326 g/mol. The summed E-state index contributed by atoms with van der Waals surface area (Å²) in [6.07, 6.45) is 4.38. The van der Waals surface area contributed by atoms with Gasteiger partial charge in [0.1, 0.15) is 17.0 Å². The van der Waals surface area contributed by atoms with Crippen molar-refractivity contribution in [3.63, 3.8) is 0 Å². The molecule has 3 rings (SSSR count). The summed E-state index contributed by atoms with van der Waals surface area (Å²) in [7, 11) is -3.03. The first kappa shape index (κ1) is 14.3. The highest BCUT2D eigenvalue weighted by atomic mass is 32.2. The predicted octanol–water partition coefficient (Wildman–Crippen LogP) is 1.71. The van der Waals surface area contributed by atoms with Gasteiger partial charge in [0, 0.05) is 17.0 Å². The van der Waals surface area contributed by atoms with E-state index in [4.69, 9.17) is 4.42 Å². The van der Waals surface area contributed by atoms with E-state index >= 15 is 0 Å². The summed E-state index contributed by atoms with van der Waals surface area (Å²) in [5.41, 5.74) is 1.12. The van der Waals surface area contributed by atoms with Crippen LogP contribution in [-0.2, 0) is 9.84 Å². The highest BCUT2D eigenvalue weighted by molar-refractivity contribution is 7.91. The minimum absolute atomic E-state index is 0.0114. The summed E-state index contributed by atoms with van der Waals surface area (Å²) in [5, 5.41) is 5.11. The van der Waals surface area contributed by atoms with Crippen LogP contribution in [0.25, 0.3) is 10.6 Å². The summed E-state index contributed by atoms with van der Waals surface area (Å²) in [6.45, 7) is 0. The first-order chi connectivity index (χ1) is 10.0. The molecule has 8 heteroatoms. The van der Waals surface area contributed by atoms with Crippen molar-refractivity contribution in [2.75, 3.05) is 11.5 Å². The topological polar surface area (TPSA) is 89.3 Å². The van der Waals surface area contributed by atoms with E-state index in [1.807, 2.05) is 0 Å². The van der Waals surface area contributed by atoms with E-state index in [-0.39, 0.29) is 23.5 Å². The standard InChI is InChI=1S/C13H14N2O4S2/c16-12(14-10-2-1-5-21(17,18)8-10)11-7-20-13(15-11)9-3-4-19-6-9/h3-4,6-7,10H,1-2,5,8H2,(H,14,16). The van der Waals surface area contributed by atoms with Crippen molar-refractivity contribution in [2.24, 2.45) is 0 Å². The zero-order valence-corrected chi connectivity index (χ0v) is 12.7. The van der Waals surface area contributed by atoms with Gasteiger partial charge >= 0.3 is 0 Å². The van der Waals surface area contributed by atoms with Crippen molar-refractivity contribution in [3.05, 3.63) is 29.7 Å². The lowest BCUT2D eigenvalue weighted by molar-refractivity contribution is 0.0934. The molecule has 0 aromatic carbocycles. The Labute approximate surface area is 126 Å². The summed E-state index contributed by atoms with van der Waals surface area (Å²) in [5.74, 6) is -0.110. The van der Waals surface area contributed by atoms with Crippen LogP contribution < -0.4 is 5.32 Å². The number of rotatable bonds is 3. The molecule has 1 unspecified atom stereocenters. The quantitative estimate of drug-likeness (QED) is 0.927. The van der Waals surface area contributed by atoms with Gasteiger partial charge in [-0.25, -0.2) is 13.4 Å². The number of hydrogen-bond donors (Lipinski definition) is 1. The minimum Gasteiger partial charge on any atom is -0.472 e. The molecule has 1 amide bonds. The van der Waals surface area contributed by atoms with Crippen molar-refractivity contribution in [1.82, 2.24) is 10.3 Å². The molecule has 21 heavy (non-hydrogen) atoms. The monoisotopic (exact) mass is 326 g/mol. The molecule has 112 valence electrons. The zero-order chi connectivity index (χ0) is 14.9. The maximum Gasteiger partial charge on any atom is 0.271 e. The molecular formula is C13H14N2O4S2. The minimum atomic E-state index is -3.03. The van der Waals surface area contributed by atoms with Crippen molar-refractivity contribution < 1.29 is 17.6 Å². The van der Waals surface area contributed by atoms with E-state index in [0.29, 0.717) is 23.5 Å². The SMILES string of the molecule is O=C(NC1CCCS(=O)(=O)C1)c1csc(-c2ccoc2)n1. The molecule has 1 saturated heterocycles. The molecular weight excluding hydrogens is 312 g/mol. The second-order valence-corrected chi connectivity index (χ2v) is 8.06. The number of sulfone groups is 1. The highest BCUT2D eigenvalue weighted by Crippen LogP contribution is 2.24. The third-order valence-corrected chi connectivity index (χ3v) is 6.02. The number of carbonyl (C=O) groups is 1. The molecule has 0 spiro atoms. The molecule has 0 bridgehead atoms. The largest absolute Gasteiger partial charge is 0.472 e.